The summed E-state index contributed by atoms with van der Waals surface area (Å²) in [4.78, 5) is 11.7. The highest BCUT2D eigenvalue weighted by atomic mass is 35.5. The van der Waals surface area contributed by atoms with Gasteiger partial charge in [0.15, 0.2) is 5.38 Å². The van der Waals surface area contributed by atoms with Crippen LogP contribution in [0.15, 0.2) is 12.1 Å². The lowest BCUT2D eigenvalue weighted by molar-refractivity contribution is -0.143. The molecule has 0 radical (unpaired) electrons. The molecule has 0 spiro atoms. The van der Waals surface area contributed by atoms with Crippen molar-refractivity contribution in [2.45, 2.75) is 56.5 Å². The molecule has 2 rings (SSSR count). The number of phenolic OH excluding ortho intramolecular Hbond substituents is 1. The van der Waals surface area contributed by atoms with Crippen molar-refractivity contribution in [3.05, 3.63) is 28.8 Å². The van der Waals surface area contributed by atoms with Gasteiger partial charge >= 0.3 is 12.1 Å². The van der Waals surface area contributed by atoms with E-state index in [1.54, 1.807) is 6.92 Å². The number of hydrogen-bond donors (Lipinski definition) is 1. The summed E-state index contributed by atoms with van der Waals surface area (Å²) in [5.74, 6) is -1.63. The van der Waals surface area contributed by atoms with Gasteiger partial charge in [-0.2, -0.15) is 13.2 Å². The van der Waals surface area contributed by atoms with Crippen LogP contribution in [-0.2, 0) is 15.7 Å². The van der Waals surface area contributed by atoms with E-state index in [2.05, 4.69) is 0 Å². The summed E-state index contributed by atoms with van der Waals surface area (Å²) in [5.41, 5.74) is -1.11. The van der Waals surface area contributed by atoms with E-state index in [1.165, 1.54) is 0 Å². The molecule has 1 N–H and O–H groups in total. The number of carbonyl (C=O) groups is 1. The van der Waals surface area contributed by atoms with Crippen molar-refractivity contribution in [2.24, 2.45) is 0 Å². The van der Waals surface area contributed by atoms with Crippen molar-refractivity contribution in [1.82, 2.24) is 0 Å². The van der Waals surface area contributed by atoms with E-state index in [4.69, 9.17) is 16.3 Å². The number of phenols is 1. The first-order valence-electron chi connectivity index (χ1n) is 8.00. The Kier molecular flexibility index (Phi) is 6.01. The average Bonchev–Trinajstić information content (AvgIpc) is 2.53. The van der Waals surface area contributed by atoms with Crippen molar-refractivity contribution in [1.29, 1.82) is 0 Å². The van der Waals surface area contributed by atoms with E-state index in [9.17, 15) is 23.1 Å². The van der Waals surface area contributed by atoms with Crippen molar-refractivity contribution in [2.75, 3.05) is 6.61 Å². The quantitative estimate of drug-likeness (QED) is 0.582. The molecule has 1 unspecified atom stereocenters. The molecule has 0 aliphatic heterocycles. The Hall–Kier alpha value is -1.43. The first-order valence-corrected chi connectivity index (χ1v) is 8.44. The van der Waals surface area contributed by atoms with E-state index in [0.29, 0.717) is 12.8 Å². The third kappa shape index (κ3) is 4.15. The van der Waals surface area contributed by atoms with Gasteiger partial charge in [0.05, 0.1) is 12.2 Å². The molecule has 0 bridgehead atoms. The number of benzene rings is 1. The van der Waals surface area contributed by atoms with Gasteiger partial charge in [0.2, 0.25) is 0 Å². The van der Waals surface area contributed by atoms with Crippen LogP contribution in [0.1, 0.15) is 67.0 Å². The van der Waals surface area contributed by atoms with Crippen LogP contribution in [0.25, 0.3) is 0 Å². The number of halogens is 4. The van der Waals surface area contributed by atoms with Crippen molar-refractivity contribution in [3.8, 4) is 5.75 Å². The van der Waals surface area contributed by atoms with Gasteiger partial charge in [-0.15, -0.1) is 11.6 Å². The molecule has 1 aliphatic carbocycles. The molecule has 134 valence electrons. The number of ether oxygens (including phenoxy) is 1. The summed E-state index contributed by atoms with van der Waals surface area (Å²) < 4.78 is 45.3. The second kappa shape index (κ2) is 7.64. The number of hydrogen-bond acceptors (Lipinski definition) is 3. The lowest BCUT2D eigenvalue weighted by Crippen LogP contribution is -2.17. The highest BCUT2D eigenvalue weighted by Gasteiger charge is 2.38. The third-order valence-electron chi connectivity index (χ3n) is 4.29. The zero-order valence-electron chi connectivity index (χ0n) is 13.3. The summed E-state index contributed by atoms with van der Waals surface area (Å²) in [7, 11) is 0. The van der Waals surface area contributed by atoms with Gasteiger partial charge in [-0.25, -0.2) is 0 Å². The average molecular weight is 365 g/mol. The Morgan fingerprint density at radius 3 is 2.50 bits per heavy atom. The fraction of sp³-hybridized carbons (Fsp3) is 0.588. The molecular weight excluding hydrogens is 345 g/mol. The standard InChI is InChI=1S/C17H20ClF3O3/c1-2-24-16(23)15(18)11-8-12(17(19,20)21)14(13(22)9-11)10-6-4-3-5-7-10/h8-10,15,22H,2-7H2,1H3. The zero-order chi connectivity index (χ0) is 17.9. The van der Waals surface area contributed by atoms with E-state index in [-0.39, 0.29) is 23.7 Å². The topological polar surface area (TPSA) is 46.5 Å². The summed E-state index contributed by atoms with van der Waals surface area (Å²) in [6.45, 7) is 1.65. The normalized spacial score (nSPS) is 17.5. The lowest BCUT2D eigenvalue weighted by atomic mass is 9.80. The highest BCUT2D eigenvalue weighted by Crippen LogP contribution is 2.46. The van der Waals surface area contributed by atoms with Crippen LogP contribution in [0.4, 0.5) is 13.2 Å². The van der Waals surface area contributed by atoms with Crippen molar-refractivity contribution < 1.29 is 27.8 Å². The van der Waals surface area contributed by atoms with Crippen LogP contribution in [0.3, 0.4) is 0 Å². The molecule has 0 saturated heterocycles. The number of esters is 1. The van der Waals surface area contributed by atoms with Gasteiger partial charge in [0.25, 0.3) is 0 Å². The van der Waals surface area contributed by atoms with Gasteiger partial charge < -0.3 is 9.84 Å². The van der Waals surface area contributed by atoms with Gasteiger partial charge in [-0.1, -0.05) is 19.3 Å². The highest BCUT2D eigenvalue weighted by molar-refractivity contribution is 6.30. The molecule has 1 aromatic carbocycles. The molecule has 1 aromatic rings. The minimum atomic E-state index is -4.63. The maximum absolute atomic E-state index is 13.5. The van der Waals surface area contributed by atoms with Crippen molar-refractivity contribution in [3.63, 3.8) is 0 Å². The molecule has 0 aromatic heterocycles. The first-order chi connectivity index (χ1) is 11.3. The summed E-state index contributed by atoms with van der Waals surface area (Å²) >= 11 is 5.91. The maximum Gasteiger partial charge on any atom is 0.416 e. The molecular formula is C17H20ClF3O3. The second-order valence-corrected chi connectivity index (χ2v) is 6.38. The Labute approximate surface area is 143 Å². The summed E-state index contributed by atoms with van der Waals surface area (Å²) in [6, 6.07) is 2.01. The van der Waals surface area contributed by atoms with Crippen LogP contribution in [-0.4, -0.2) is 17.7 Å². The van der Waals surface area contributed by atoms with Gasteiger partial charge in [0, 0.05) is 5.56 Å². The molecule has 1 saturated carbocycles. The molecule has 1 fully saturated rings. The second-order valence-electron chi connectivity index (χ2n) is 5.95. The Bertz CT molecular complexity index is 595. The monoisotopic (exact) mass is 364 g/mol. The lowest BCUT2D eigenvalue weighted by Gasteiger charge is -2.27. The maximum atomic E-state index is 13.5. The van der Waals surface area contributed by atoms with Gasteiger partial charge in [0.1, 0.15) is 5.75 Å². The Morgan fingerprint density at radius 1 is 1.33 bits per heavy atom. The SMILES string of the molecule is CCOC(=O)C(Cl)c1cc(O)c(C2CCCCC2)c(C(F)(F)F)c1. The Balaban J connectivity index is 2.47. The van der Waals surface area contributed by atoms with Gasteiger partial charge in [-0.3, -0.25) is 4.79 Å². The van der Waals surface area contributed by atoms with E-state index >= 15 is 0 Å². The molecule has 0 heterocycles. The summed E-state index contributed by atoms with van der Waals surface area (Å²) in [5, 5.41) is 8.85. The smallest absolute Gasteiger partial charge is 0.416 e. The zero-order valence-corrected chi connectivity index (χ0v) is 14.1. The minimum Gasteiger partial charge on any atom is -0.508 e. The van der Waals surface area contributed by atoms with Gasteiger partial charge in [-0.05, 0) is 43.4 Å². The van der Waals surface area contributed by atoms with E-state index in [1.807, 2.05) is 0 Å². The van der Waals surface area contributed by atoms with Crippen molar-refractivity contribution >= 4 is 17.6 Å². The predicted molar refractivity (Wildman–Crippen MR) is 84.2 cm³/mol. The number of aromatic hydroxyl groups is 1. The summed E-state index contributed by atoms with van der Waals surface area (Å²) in [6.07, 6.45) is -0.751. The van der Waals surface area contributed by atoms with Crippen LogP contribution in [0.2, 0.25) is 0 Å². The molecule has 0 amide bonds. The van der Waals surface area contributed by atoms with E-state index < -0.39 is 28.8 Å². The fourth-order valence-corrected chi connectivity index (χ4v) is 3.40. The molecule has 1 atom stereocenters. The Morgan fingerprint density at radius 2 is 1.96 bits per heavy atom. The predicted octanol–water partition coefficient (Wildman–Crippen LogP) is 5.30. The molecule has 3 nitrogen and oxygen atoms in total. The number of alkyl halides is 4. The molecule has 24 heavy (non-hydrogen) atoms. The minimum absolute atomic E-state index is 0.0698. The first kappa shape index (κ1) is 18.9. The largest absolute Gasteiger partial charge is 0.508 e. The third-order valence-corrected chi connectivity index (χ3v) is 4.72. The van der Waals surface area contributed by atoms with E-state index in [0.717, 1.165) is 31.4 Å². The number of rotatable bonds is 4. The van der Waals surface area contributed by atoms with Crippen LogP contribution in [0.5, 0.6) is 5.75 Å². The number of carbonyl (C=O) groups excluding carboxylic acids is 1. The fourth-order valence-electron chi connectivity index (χ4n) is 3.21. The van der Waals surface area contributed by atoms with Crippen LogP contribution in [0, 0.1) is 0 Å². The van der Waals surface area contributed by atoms with Crippen LogP contribution >= 0.6 is 11.6 Å². The molecule has 7 heteroatoms. The molecule has 1 aliphatic rings. The van der Waals surface area contributed by atoms with Crippen LogP contribution < -0.4 is 0 Å².